The molecule has 3 rings (SSSR count). The largest absolute Gasteiger partial charge is 0.495 e. The first kappa shape index (κ1) is 25.8. The van der Waals surface area contributed by atoms with E-state index in [-0.39, 0.29) is 16.3 Å². The number of carbonyl (C=O) groups is 1. The number of rotatable bonds is 10. The van der Waals surface area contributed by atoms with Crippen LogP contribution in [-0.4, -0.2) is 34.1 Å². The lowest BCUT2D eigenvalue weighted by Gasteiger charge is -2.19. The Kier molecular flexibility index (Phi) is 8.79. The van der Waals surface area contributed by atoms with E-state index >= 15 is 0 Å². The quantitative estimate of drug-likeness (QED) is 0.393. The summed E-state index contributed by atoms with van der Waals surface area (Å²) in [5, 5.41) is 3.18. The molecule has 180 valence electrons. The molecule has 0 radical (unpaired) electrons. The summed E-state index contributed by atoms with van der Waals surface area (Å²) in [6.07, 6.45) is 0.126. The molecular formula is C24H24Cl2N2O5S. The summed E-state index contributed by atoms with van der Waals surface area (Å²) in [6.45, 7) is 2.18. The normalized spacial score (nSPS) is 12.1. The average Bonchev–Trinajstić information content (AvgIpc) is 2.80. The summed E-state index contributed by atoms with van der Waals surface area (Å²) >= 11 is 12.3. The van der Waals surface area contributed by atoms with Gasteiger partial charge in [-0.2, -0.15) is 4.72 Å². The molecule has 7 nitrogen and oxygen atoms in total. The molecule has 2 N–H and O–H groups in total. The van der Waals surface area contributed by atoms with Crippen LogP contribution in [0.2, 0.25) is 10.0 Å². The Bertz CT molecular complexity index is 1250. The van der Waals surface area contributed by atoms with Crippen molar-refractivity contribution in [2.24, 2.45) is 0 Å². The summed E-state index contributed by atoms with van der Waals surface area (Å²) in [7, 11) is -2.60. The summed E-state index contributed by atoms with van der Waals surface area (Å²) in [6, 6.07) is 16.9. The van der Waals surface area contributed by atoms with Gasteiger partial charge < -0.3 is 14.8 Å². The monoisotopic (exact) mass is 522 g/mol. The molecule has 3 aromatic rings. The minimum atomic E-state index is -4.09. The van der Waals surface area contributed by atoms with Crippen LogP contribution < -0.4 is 19.5 Å². The molecule has 0 heterocycles. The van der Waals surface area contributed by atoms with E-state index in [0.717, 1.165) is 5.56 Å². The molecule has 0 saturated heterocycles. The fourth-order valence-corrected chi connectivity index (χ4v) is 4.97. The smallest absolute Gasteiger partial charge is 0.242 e. The summed E-state index contributed by atoms with van der Waals surface area (Å²) in [5.74, 6) is 0.275. The van der Waals surface area contributed by atoms with E-state index in [0.29, 0.717) is 28.8 Å². The number of amides is 1. The van der Waals surface area contributed by atoms with Gasteiger partial charge in [0.05, 0.1) is 28.7 Å². The van der Waals surface area contributed by atoms with Gasteiger partial charge in [0.15, 0.2) is 0 Å². The van der Waals surface area contributed by atoms with Crippen LogP contribution >= 0.6 is 23.2 Å². The molecular weight excluding hydrogens is 499 g/mol. The molecule has 0 aliphatic heterocycles. The Morgan fingerprint density at radius 2 is 1.65 bits per heavy atom. The standard InChI is InChI=1S/C24H24Cl2N2O5S/c1-3-33-23-12-10-18(15-20(23)26)34(30,31)28-21(13-16-7-5-4-6-8-16)24(29)27-17-9-11-22(32-2)19(25)14-17/h4-12,14-15,21,28H,3,13H2,1-2H3,(H,27,29)/t21-/m0/s1. The van der Waals surface area contributed by atoms with Gasteiger partial charge in [-0.1, -0.05) is 53.5 Å². The van der Waals surface area contributed by atoms with Crippen LogP contribution in [0.25, 0.3) is 0 Å². The van der Waals surface area contributed by atoms with Gasteiger partial charge in [0.2, 0.25) is 15.9 Å². The number of hydrogen-bond donors (Lipinski definition) is 2. The van der Waals surface area contributed by atoms with Crippen LogP contribution in [0.5, 0.6) is 11.5 Å². The highest BCUT2D eigenvalue weighted by Crippen LogP contribution is 2.29. The highest BCUT2D eigenvalue weighted by atomic mass is 35.5. The number of methoxy groups -OCH3 is 1. The molecule has 0 bridgehead atoms. The SMILES string of the molecule is CCOc1ccc(S(=O)(=O)N[C@@H](Cc2ccccc2)C(=O)Nc2ccc(OC)c(Cl)c2)cc1Cl. The fourth-order valence-electron chi connectivity index (χ4n) is 3.19. The number of sulfonamides is 1. The molecule has 0 spiro atoms. The molecule has 0 saturated carbocycles. The van der Waals surface area contributed by atoms with E-state index in [4.69, 9.17) is 32.7 Å². The van der Waals surface area contributed by atoms with Crippen molar-refractivity contribution in [2.45, 2.75) is 24.3 Å². The number of benzene rings is 3. The number of nitrogens with one attached hydrogen (secondary N) is 2. The van der Waals surface area contributed by atoms with Gasteiger partial charge in [-0.25, -0.2) is 8.42 Å². The van der Waals surface area contributed by atoms with Gasteiger partial charge in [0.1, 0.15) is 17.5 Å². The van der Waals surface area contributed by atoms with Crippen LogP contribution in [0.1, 0.15) is 12.5 Å². The minimum absolute atomic E-state index is 0.0840. The van der Waals surface area contributed by atoms with Gasteiger partial charge in [0, 0.05) is 5.69 Å². The lowest BCUT2D eigenvalue weighted by molar-refractivity contribution is -0.117. The maximum Gasteiger partial charge on any atom is 0.242 e. The fraction of sp³-hybridized carbons (Fsp3) is 0.208. The highest BCUT2D eigenvalue weighted by Gasteiger charge is 2.27. The predicted octanol–water partition coefficient (Wildman–Crippen LogP) is 4.93. The Morgan fingerprint density at radius 3 is 2.26 bits per heavy atom. The van der Waals surface area contributed by atoms with Crippen molar-refractivity contribution in [2.75, 3.05) is 19.0 Å². The summed E-state index contributed by atoms with van der Waals surface area (Å²) in [4.78, 5) is 13.1. The second kappa shape index (κ2) is 11.6. The van der Waals surface area contributed by atoms with E-state index in [2.05, 4.69) is 10.0 Å². The molecule has 0 unspecified atom stereocenters. The number of halogens is 2. The molecule has 0 aliphatic carbocycles. The number of anilines is 1. The van der Waals surface area contributed by atoms with Gasteiger partial charge in [-0.3, -0.25) is 4.79 Å². The lowest BCUT2D eigenvalue weighted by atomic mass is 10.1. The summed E-state index contributed by atoms with van der Waals surface area (Å²) < 4.78 is 39.2. The third-order valence-corrected chi connectivity index (χ3v) is 6.89. The first-order valence-electron chi connectivity index (χ1n) is 10.4. The van der Waals surface area contributed by atoms with Crippen LogP contribution in [0.3, 0.4) is 0 Å². The average molecular weight is 523 g/mol. The molecule has 0 aromatic heterocycles. The predicted molar refractivity (Wildman–Crippen MR) is 134 cm³/mol. The van der Waals surface area contributed by atoms with Crippen LogP contribution in [0, 0.1) is 0 Å². The number of carbonyl (C=O) groups excluding carboxylic acids is 1. The van der Waals surface area contributed by atoms with Crippen molar-refractivity contribution in [3.63, 3.8) is 0 Å². The minimum Gasteiger partial charge on any atom is -0.495 e. The number of hydrogen-bond acceptors (Lipinski definition) is 5. The molecule has 1 atom stereocenters. The van der Waals surface area contributed by atoms with Crippen LogP contribution in [0.15, 0.2) is 71.6 Å². The van der Waals surface area contributed by atoms with Crippen molar-refractivity contribution in [3.05, 3.63) is 82.3 Å². The molecule has 34 heavy (non-hydrogen) atoms. The van der Waals surface area contributed by atoms with Crippen molar-refractivity contribution in [3.8, 4) is 11.5 Å². The van der Waals surface area contributed by atoms with Crippen molar-refractivity contribution in [1.82, 2.24) is 4.72 Å². The zero-order chi connectivity index (χ0) is 24.7. The van der Waals surface area contributed by atoms with Gasteiger partial charge in [0.25, 0.3) is 0 Å². The zero-order valence-corrected chi connectivity index (χ0v) is 20.9. The van der Waals surface area contributed by atoms with Crippen molar-refractivity contribution >= 4 is 44.8 Å². The third kappa shape index (κ3) is 6.64. The molecule has 0 aliphatic rings. The molecule has 0 fully saturated rings. The zero-order valence-electron chi connectivity index (χ0n) is 18.5. The van der Waals surface area contributed by atoms with Gasteiger partial charge in [-0.05, 0) is 55.3 Å². The Balaban J connectivity index is 1.87. The first-order chi connectivity index (χ1) is 16.2. The topological polar surface area (TPSA) is 93.7 Å². The summed E-state index contributed by atoms with van der Waals surface area (Å²) in [5.41, 5.74) is 1.18. The maximum absolute atomic E-state index is 13.1. The molecule has 1 amide bonds. The lowest BCUT2D eigenvalue weighted by Crippen LogP contribution is -2.45. The third-order valence-electron chi connectivity index (χ3n) is 4.83. The van der Waals surface area contributed by atoms with E-state index in [1.807, 2.05) is 30.3 Å². The van der Waals surface area contributed by atoms with Gasteiger partial charge >= 0.3 is 0 Å². The second-order valence-electron chi connectivity index (χ2n) is 7.23. The van der Waals surface area contributed by atoms with E-state index < -0.39 is 22.0 Å². The van der Waals surface area contributed by atoms with E-state index in [1.165, 1.54) is 31.4 Å². The Labute approximate surface area is 209 Å². The molecule has 10 heteroatoms. The van der Waals surface area contributed by atoms with Crippen LogP contribution in [0.4, 0.5) is 5.69 Å². The van der Waals surface area contributed by atoms with Crippen molar-refractivity contribution in [1.29, 1.82) is 0 Å². The highest BCUT2D eigenvalue weighted by molar-refractivity contribution is 7.89. The number of ether oxygens (including phenoxy) is 2. The van der Waals surface area contributed by atoms with E-state index in [1.54, 1.807) is 19.1 Å². The van der Waals surface area contributed by atoms with Crippen molar-refractivity contribution < 1.29 is 22.7 Å². The Hall–Kier alpha value is -2.78. The molecule has 3 aromatic carbocycles. The Morgan fingerprint density at radius 1 is 0.971 bits per heavy atom. The maximum atomic E-state index is 13.1. The van der Waals surface area contributed by atoms with Gasteiger partial charge in [-0.15, -0.1) is 0 Å². The second-order valence-corrected chi connectivity index (χ2v) is 9.76. The van der Waals surface area contributed by atoms with E-state index in [9.17, 15) is 13.2 Å². The van der Waals surface area contributed by atoms with Crippen LogP contribution in [-0.2, 0) is 21.2 Å². The first-order valence-corrected chi connectivity index (χ1v) is 12.6.